The topological polar surface area (TPSA) is 78.9 Å². The van der Waals surface area contributed by atoms with Gasteiger partial charge in [-0.1, -0.05) is 234 Å². The summed E-state index contributed by atoms with van der Waals surface area (Å²) in [6.07, 6.45) is 42.3. The van der Waals surface area contributed by atoms with Crippen molar-refractivity contribution in [3.8, 4) is 0 Å². The summed E-state index contributed by atoms with van der Waals surface area (Å²) in [5.41, 5.74) is 0. The lowest BCUT2D eigenvalue weighted by molar-refractivity contribution is -0.167. The molecule has 0 unspecified atom stereocenters. The molecule has 6 heteroatoms. The van der Waals surface area contributed by atoms with Crippen molar-refractivity contribution in [1.29, 1.82) is 0 Å². The lowest BCUT2D eigenvalue weighted by Gasteiger charge is -2.18. The van der Waals surface area contributed by atoms with Crippen LogP contribution in [0.25, 0.3) is 0 Å². The van der Waals surface area contributed by atoms with E-state index in [1.165, 1.54) is 161 Å². The molecule has 0 radical (unpaired) electrons. The normalized spacial score (nSPS) is 12.1. The second-order valence-corrected chi connectivity index (χ2v) is 18.1. The van der Waals surface area contributed by atoms with Crippen LogP contribution in [0, 0.1) is 11.8 Å². The highest BCUT2D eigenvalue weighted by Crippen LogP contribution is 2.17. The van der Waals surface area contributed by atoms with Gasteiger partial charge in [0.25, 0.3) is 0 Å². The summed E-state index contributed by atoms with van der Waals surface area (Å²) >= 11 is 0. The van der Waals surface area contributed by atoms with E-state index in [1.54, 1.807) is 0 Å². The number of hydrogen-bond acceptors (Lipinski definition) is 6. The Labute approximate surface area is 348 Å². The molecule has 0 saturated heterocycles. The highest BCUT2D eigenvalue weighted by atomic mass is 16.6. The molecular formula is C50H96O6. The molecule has 0 aliphatic rings. The van der Waals surface area contributed by atoms with Gasteiger partial charge < -0.3 is 14.2 Å². The summed E-state index contributed by atoms with van der Waals surface area (Å²) < 4.78 is 16.8. The Hall–Kier alpha value is -1.59. The number of rotatable bonds is 44. The van der Waals surface area contributed by atoms with E-state index < -0.39 is 6.10 Å². The fourth-order valence-electron chi connectivity index (χ4n) is 7.46. The van der Waals surface area contributed by atoms with Crippen molar-refractivity contribution in [3.63, 3.8) is 0 Å². The molecule has 332 valence electrons. The van der Waals surface area contributed by atoms with Crippen LogP contribution < -0.4 is 0 Å². The van der Waals surface area contributed by atoms with E-state index in [0.29, 0.717) is 19.3 Å². The van der Waals surface area contributed by atoms with Gasteiger partial charge >= 0.3 is 17.9 Å². The van der Waals surface area contributed by atoms with Gasteiger partial charge in [0.1, 0.15) is 13.2 Å². The van der Waals surface area contributed by atoms with Gasteiger partial charge in [-0.15, -0.1) is 0 Å². The van der Waals surface area contributed by atoms with Crippen molar-refractivity contribution in [3.05, 3.63) is 0 Å². The van der Waals surface area contributed by atoms with E-state index in [0.717, 1.165) is 69.6 Å². The van der Waals surface area contributed by atoms with Crippen LogP contribution in [0.1, 0.15) is 272 Å². The van der Waals surface area contributed by atoms with E-state index in [-0.39, 0.29) is 31.1 Å². The minimum Gasteiger partial charge on any atom is -0.462 e. The fourth-order valence-corrected chi connectivity index (χ4v) is 7.46. The van der Waals surface area contributed by atoms with Gasteiger partial charge in [-0.2, -0.15) is 0 Å². The zero-order valence-corrected chi connectivity index (χ0v) is 38.3. The van der Waals surface area contributed by atoms with Gasteiger partial charge in [-0.05, 0) is 31.1 Å². The van der Waals surface area contributed by atoms with Crippen molar-refractivity contribution in [1.82, 2.24) is 0 Å². The van der Waals surface area contributed by atoms with Crippen LogP contribution in [0.15, 0.2) is 0 Å². The first-order chi connectivity index (χ1) is 27.2. The lowest BCUT2D eigenvalue weighted by Crippen LogP contribution is -2.30. The maximum absolute atomic E-state index is 12.8. The molecule has 0 N–H and O–H groups in total. The zero-order valence-electron chi connectivity index (χ0n) is 38.3. The van der Waals surface area contributed by atoms with Gasteiger partial charge in [0.15, 0.2) is 6.10 Å². The Bertz CT molecular complexity index is 854. The number of carbonyl (C=O) groups is 3. The predicted octanol–water partition coefficient (Wildman–Crippen LogP) is 15.8. The molecule has 0 heterocycles. The first-order valence-electron chi connectivity index (χ1n) is 24.7. The van der Waals surface area contributed by atoms with Crippen molar-refractivity contribution in [2.24, 2.45) is 11.8 Å². The lowest BCUT2D eigenvalue weighted by atomic mass is 10.0. The predicted molar refractivity (Wildman–Crippen MR) is 238 cm³/mol. The highest BCUT2D eigenvalue weighted by Gasteiger charge is 2.19. The quantitative estimate of drug-likeness (QED) is 0.0347. The van der Waals surface area contributed by atoms with Crippen molar-refractivity contribution < 1.29 is 28.6 Å². The number of carbonyl (C=O) groups excluding carboxylic acids is 3. The molecule has 0 saturated carbocycles. The monoisotopic (exact) mass is 793 g/mol. The zero-order chi connectivity index (χ0) is 41.2. The molecule has 0 aliphatic heterocycles. The van der Waals surface area contributed by atoms with Gasteiger partial charge in [0.2, 0.25) is 0 Å². The largest absolute Gasteiger partial charge is 0.462 e. The summed E-state index contributed by atoms with van der Waals surface area (Å²) in [6, 6.07) is 0. The van der Waals surface area contributed by atoms with Crippen molar-refractivity contribution in [2.45, 2.75) is 278 Å². The Morgan fingerprint density at radius 3 is 0.875 bits per heavy atom. The highest BCUT2D eigenvalue weighted by molar-refractivity contribution is 5.71. The Morgan fingerprint density at radius 2 is 0.589 bits per heavy atom. The Balaban J connectivity index is 4.30. The minimum absolute atomic E-state index is 0.0643. The third kappa shape index (κ3) is 43.5. The molecule has 0 aromatic rings. The minimum atomic E-state index is -0.760. The molecule has 0 aromatic heterocycles. The van der Waals surface area contributed by atoms with E-state index in [4.69, 9.17) is 14.2 Å². The van der Waals surface area contributed by atoms with Crippen LogP contribution in [0.3, 0.4) is 0 Å². The maximum atomic E-state index is 12.8. The first kappa shape index (κ1) is 54.4. The summed E-state index contributed by atoms with van der Waals surface area (Å²) in [5.74, 6) is 0.794. The van der Waals surface area contributed by atoms with E-state index in [2.05, 4.69) is 34.6 Å². The average molecular weight is 793 g/mol. The molecular weight excluding hydrogens is 697 g/mol. The molecule has 0 aliphatic carbocycles. The van der Waals surface area contributed by atoms with Crippen LogP contribution in [-0.2, 0) is 28.6 Å². The summed E-state index contributed by atoms with van der Waals surface area (Å²) in [5, 5.41) is 0. The van der Waals surface area contributed by atoms with E-state index in [1.807, 2.05) is 0 Å². The molecule has 0 bridgehead atoms. The molecule has 0 aromatic carbocycles. The smallest absolute Gasteiger partial charge is 0.306 e. The number of hydrogen-bond donors (Lipinski definition) is 0. The third-order valence-corrected chi connectivity index (χ3v) is 11.2. The van der Waals surface area contributed by atoms with Crippen LogP contribution >= 0.6 is 0 Å². The number of ether oxygens (including phenoxy) is 3. The molecule has 0 spiro atoms. The standard InChI is InChI=1S/C50H96O6/c1-6-7-8-9-10-11-20-25-30-35-40-48(51)54-43-47(44-55-49(52)41-36-31-26-22-17-19-24-29-34-39-46(4)5)56-50(53)42-37-32-27-21-16-14-12-13-15-18-23-28-33-38-45(2)3/h45-47H,6-44H2,1-5H3/t47-/m0/s1. The second kappa shape index (κ2) is 43.0. The second-order valence-electron chi connectivity index (χ2n) is 18.1. The van der Waals surface area contributed by atoms with Crippen LogP contribution in [-0.4, -0.2) is 37.2 Å². The summed E-state index contributed by atoms with van der Waals surface area (Å²) in [6.45, 7) is 11.3. The van der Waals surface area contributed by atoms with Crippen molar-refractivity contribution >= 4 is 17.9 Å². The van der Waals surface area contributed by atoms with Gasteiger partial charge in [-0.3, -0.25) is 14.4 Å². The summed E-state index contributed by atoms with van der Waals surface area (Å²) in [7, 11) is 0. The van der Waals surface area contributed by atoms with E-state index in [9.17, 15) is 14.4 Å². The van der Waals surface area contributed by atoms with Gasteiger partial charge in [0.05, 0.1) is 0 Å². The molecule has 56 heavy (non-hydrogen) atoms. The average Bonchev–Trinajstić information content (AvgIpc) is 3.16. The van der Waals surface area contributed by atoms with Gasteiger partial charge in [-0.25, -0.2) is 0 Å². The maximum Gasteiger partial charge on any atom is 0.306 e. The summed E-state index contributed by atoms with van der Waals surface area (Å²) in [4.78, 5) is 37.8. The SMILES string of the molecule is CCCCCCCCCCCCC(=O)OC[C@@H](COC(=O)CCCCCCCCCCCC(C)C)OC(=O)CCCCCCCCCCCCCCCC(C)C. The Kier molecular flexibility index (Phi) is 41.8. The molecule has 1 atom stereocenters. The van der Waals surface area contributed by atoms with Crippen LogP contribution in [0.5, 0.6) is 0 Å². The van der Waals surface area contributed by atoms with Gasteiger partial charge in [0, 0.05) is 19.3 Å². The number of esters is 3. The number of unbranched alkanes of at least 4 members (excludes halogenated alkanes) is 29. The van der Waals surface area contributed by atoms with Crippen LogP contribution in [0.2, 0.25) is 0 Å². The molecule has 0 fully saturated rings. The molecule has 0 amide bonds. The van der Waals surface area contributed by atoms with E-state index >= 15 is 0 Å². The Morgan fingerprint density at radius 1 is 0.339 bits per heavy atom. The molecule has 6 nitrogen and oxygen atoms in total. The molecule has 0 rings (SSSR count). The first-order valence-corrected chi connectivity index (χ1v) is 24.7. The van der Waals surface area contributed by atoms with Crippen LogP contribution in [0.4, 0.5) is 0 Å². The third-order valence-electron chi connectivity index (χ3n) is 11.2. The fraction of sp³-hybridized carbons (Fsp3) is 0.940. The van der Waals surface area contributed by atoms with Crippen molar-refractivity contribution in [2.75, 3.05) is 13.2 Å².